The van der Waals surface area contributed by atoms with Gasteiger partial charge in [-0.05, 0) is 46.0 Å². The maximum atomic E-state index is 13.2. The van der Waals surface area contributed by atoms with E-state index < -0.39 is 5.97 Å². The normalized spacial score (nSPS) is 24.4. The first-order chi connectivity index (χ1) is 8.95. The molecule has 1 aromatic rings. The second-order valence-corrected chi connectivity index (χ2v) is 6.17. The molecule has 1 saturated heterocycles. The third-order valence-electron chi connectivity index (χ3n) is 3.47. The monoisotopic (exact) mass is 329 g/mol. The van der Waals surface area contributed by atoms with Crippen LogP contribution in [0.2, 0.25) is 0 Å². The molecule has 2 atom stereocenters. The van der Waals surface area contributed by atoms with E-state index in [1.54, 1.807) is 12.1 Å². The van der Waals surface area contributed by atoms with Gasteiger partial charge in [-0.1, -0.05) is 13.0 Å². The molecule has 104 valence electrons. The van der Waals surface area contributed by atoms with Gasteiger partial charge in [0.25, 0.3) is 0 Å². The molecule has 0 aliphatic carbocycles. The highest BCUT2D eigenvalue weighted by molar-refractivity contribution is 9.10. The Balaban J connectivity index is 2.05. The Labute approximate surface area is 120 Å². The summed E-state index contributed by atoms with van der Waals surface area (Å²) in [6, 6.07) is 4.93. The standard InChI is InChI=1S/C14H17BrFNO2/c1-9-4-11(14(18)19)8-17(6-9)7-10-2-3-13(16)12(15)5-10/h2-3,5,9,11H,4,6-8H2,1H3,(H,18,19). The minimum absolute atomic E-state index is 0.279. The smallest absolute Gasteiger partial charge is 0.307 e. The summed E-state index contributed by atoms with van der Waals surface area (Å²) in [7, 11) is 0. The lowest BCUT2D eigenvalue weighted by Crippen LogP contribution is -2.41. The summed E-state index contributed by atoms with van der Waals surface area (Å²) in [5.41, 5.74) is 0.992. The zero-order valence-corrected chi connectivity index (χ0v) is 12.4. The number of carboxylic acids is 1. The molecule has 1 aliphatic heterocycles. The van der Waals surface area contributed by atoms with Gasteiger partial charge >= 0.3 is 5.97 Å². The van der Waals surface area contributed by atoms with Crippen molar-refractivity contribution in [2.24, 2.45) is 11.8 Å². The maximum Gasteiger partial charge on any atom is 0.307 e. The van der Waals surface area contributed by atoms with Crippen LogP contribution in [0.1, 0.15) is 18.9 Å². The maximum absolute atomic E-state index is 13.2. The first kappa shape index (κ1) is 14.5. The summed E-state index contributed by atoms with van der Waals surface area (Å²) in [5.74, 6) is -0.928. The number of halogens is 2. The average molecular weight is 330 g/mol. The van der Waals surface area contributed by atoms with Crippen molar-refractivity contribution in [2.75, 3.05) is 13.1 Å². The summed E-state index contributed by atoms with van der Waals surface area (Å²) < 4.78 is 13.6. The Morgan fingerprint density at radius 3 is 2.89 bits per heavy atom. The molecule has 0 saturated carbocycles. The van der Waals surface area contributed by atoms with Gasteiger partial charge in [0.05, 0.1) is 10.4 Å². The van der Waals surface area contributed by atoms with Crippen LogP contribution < -0.4 is 0 Å². The lowest BCUT2D eigenvalue weighted by molar-refractivity contribution is -0.144. The minimum Gasteiger partial charge on any atom is -0.481 e. The zero-order chi connectivity index (χ0) is 14.0. The van der Waals surface area contributed by atoms with E-state index in [4.69, 9.17) is 5.11 Å². The number of aliphatic carboxylic acids is 1. The van der Waals surface area contributed by atoms with Crippen LogP contribution in [0.25, 0.3) is 0 Å². The fourth-order valence-corrected chi connectivity index (χ4v) is 3.09. The van der Waals surface area contributed by atoms with Gasteiger partial charge in [0.2, 0.25) is 0 Å². The molecule has 1 aromatic carbocycles. The van der Waals surface area contributed by atoms with Crippen LogP contribution in [0.4, 0.5) is 4.39 Å². The van der Waals surface area contributed by atoms with E-state index in [0.29, 0.717) is 23.5 Å². The number of piperidine rings is 1. The molecule has 0 spiro atoms. The molecule has 1 heterocycles. The molecule has 0 aromatic heterocycles. The Morgan fingerprint density at radius 2 is 2.26 bits per heavy atom. The first-order valence-electron chi connectivity index (χ1n) is 6.34. The molecule has 19 heavy (non-hydrogen) atoms. The van der Waals surface area contributed by atoms with E-state index in [-0.39, 0.29) is 11.7 Å². The van der Waals surface area contributed by atoms with Crippen LogP contribution >= 0.6 is 15.9 Å². The number of hydrogen-bond donors (Lipinski definition) is 1. The molecular formula is C14H17BrFNO2. The van der Waals surface area contributed by atoms with E-state index in [2.05, 4.69) is 27.8 Å². The van der Waals surface area contributed by atoms with Crippen LogP contribution in [-0.2, 0) is 11.3 Å². The number of nitrogens with zero attached hydrogens (tertiary/aromatic N) is 1. The van der Waals surface area contributed by atoms with Crippen molar-refractivity contribution in [1.29, 1.82) is 0 Å². The van der Waals surface area contributed by atoms with Crippen molar-refractivity contribution in [3.05, 3.63) is 34.1 Å². The molecule has 2 rings (SSSR count). The molecule has 5 heteroatoms. The summed E-state index contributed by atoms with van der Waals surface area (Å²) in [6.07, 6.45) is 0.735. The quantitative estimate of drug-likeness (QED) is 0.926. The Hall–Kier alpha value is -0.940. The second-order valence-electron chi connectivity index (χ2n) is 5.32. The molecule has 1 aliphatic rings. The topological polar surface area (TPSA) is 40.5 Å². The van der Waals surface area contributed by atoms with Crippen molar-refractivity contribution in [1.82, 2.24) is 4.90 Å². The highest BCUT2D eigenvalue weighted by Crippen LogP contribution is 2.24. The van der Waals surface area contributed by atoms with Gasteiger partial charge < -0.3 is 5.11 Å². The fraction of sp³-hybridized carbons (Fsp3) is 0.500. The summed E-state index contributed by atoms with van der Waals surface area (Å²) >= 11 is 3.17. The second kappa shape index (κ2) is 6.01. The van der Waals surface area contributed by atoms with Gasteiger partial charge in [-0.2, -0.15) is 0 Å². The third kappa shape index (κ3) is 3.76. The van der Waals surface area contributed by atoms with E-state index in [0.717, 1.165) is 18.5 Å². The van der Waals surface area contributed by atoms with E-state index >= 15 is 0 Å². The van der Waals surface area contributed by atoms with Crippen molar-refractivity contribution in [3.63, 3.8) is 0 Å². The van der Waals surface area contributed by atoms with Gasteiger partial charge in [0.1, 0.15) is 5.82 Å². The number of carboxylic acid groups (broad SMARTS) is 1. The van der Waals surface area contributed by atoms with Crippen molar-refractivity contribution in [2.45, 2.75) is 19.9 Å². The molecule has 0 amide bonds. The first-order valence-corrected chi connectivity index (χ1v) is 7.14. The Kier molecular flexibility index (Phi) is 4.58. The molecule has 2 unspecified atom stereocenters. The predicted molar refractivity (Wildman–Crippen MR) is 74.3 cm³/mol. The predicted octanol–water partition coefficient (Wildman–Crippen LogP) is 3.13. The lowest BCUT2D eigenvalue weighted by atomic mass is 9.90. The Morgan fingerprint density at radius 1 is 1.53 bits per heavy atom. The SMILES string of the molecule is CC1CC(C(=O)O)CN(Cc2ccc(F)c(Br)c2)C1. The summed E-state index contributed by atoms with van der Waals surface area (Å²) in [5, 5.41) is 9.14. The van der Waals surface area contributed by atoms with Crippen molar-refractivity contribution in [3.8, 4) is 0 Å². The highest BCUT2D eigenvalue weighted by Gasteiger charge is 2.29. The molecule has 0 bridgehead atoms. The van der Waals surface area contributed by atoms with Gasteiger partial charge in [-0.3, -0.25) is 9.69 Å². The number of likely N-dealkylation sites (tertiary alicyclic amines) is 1. The average Bonchev–Trinajstić information content (AvgIpc) is 2.33. The molecular weight excluding hydrogens is 313 g/mol. The minimum atomic E-state index is -0.725. The zero-order valence-electron chi connectivity index (χ0n) is 10.8. The number of rotatable bonds is 3. The number of benzene rings is 1. The fourth-order valence-electron chi connectivity index (χ4n) is 2.67. The van der Waals surface area contributed by atoms with Gasteiger partial charge in [-0.25, -0.2) is 4.39 Å². The van der Waals surface area contributed by atoms with E-state index in [1.807, 2.05) is 0 Å². The van der Waals surface area contributed by atoms with Gasteiger partial charge in [0.15, 0.2) is 0 Å². The molecule has 1 N–H and O–H groups in total. The van der Waals surface area contributed by atoms with Crippen molar-refractivity contribution < 1.29 is 14.3 Å². The van der Waals surface area contributed by atoms with Gasteiger partial charge in [0, 0.05) is 19.6 Å². The largest absolute Gasteiger partial charge is 0.481 e. The summed E-state index contributed by atoms with van der Waals surface area (Å²) in [4.78, 5) is 13.2. The molecule has 1 fully saturated rings. The Bertz CT molecular complexity index is 481. The van der Waals surface area contributed by atoms with E-state index in [1.165, 1.54) is 6.07 Å². The van der Waals surface area contributed by atoms with Crippen LogP contribution in [0.3, 0.4) is 0 Å². The number of hydrogen-bond acceptors (Lipinski definition) is 2. The highest BCUT2D eigenvalue weighted by atomic mass is 79.9. The third-order valence-corrected chi connectivity index (χ3v) is 4.08. The van der Waals surface area contributed by atoms with Crippen LogP contribution in [0.15, 0.2) is 22.7 Å². The van der Waals surface area contributed by atoms with Crippen LogP contribution in [-0.4, -0.2) is 29.1 Å². The van der Waals surface area contributed by atoms with Crippen molar-refractivity contribution >= 4 is 21.9 Å². The van der Waals surface area contributed by atoms with Crippen LogP contribution in [0, 0.1) is 17.7 Å². The molecule has 3 nitrogen and oxygen atoms in total. The van der Waals surface area contributed by atoms with Gasteiger partial charge in [-0.15, -0.1) is 0 Å². The van der Waals surface area contributed by atoms with Crippen LogP contribution in [0.5, 0.6) is 0 Å². The summed E-state index contributed by atoms with van der Waals surface area (Å²) in [6.45, 7) is 4.18. The number of carbonyl (C=O) groups is 1. The molecule has 0 radical (unpaired) electrons. The van der Waals surface area contributed by atoms with E-state index in [9.17, 15) is 9.18 Å². The lowest BCUT2D eigenvalue weighted by Gasteiger charge is -2.34.